The highest BCUT2D eigenvalue weighted by molar-refractivity contribution is 5.29. The lowest BCUT2D eigenvalue weighted by molar-refractivity contribution is 0.892. The predicted octanol–water partition coefficient (Wildman–Crippen LogP) is 3.72. The molecule has 0 heterocycles. The molecule has 0 aliphatic rings. The van der Waals surface area contributed by atoms with Crippen molar-refractivity contribution >= 4 is 0 Å². The first-order chi connectivity index (χ1) is 5.63. The maximum Gasteiger partial charge on any atom is 0.0864 e. The van der Waals surface area contributed by atoms with E-state index in [4.69, 9.17) is 0 Å². The molecule has 12 heavy (non-hydrogen) atoms. The Bertz CT molecular complexity index is 208. The zero-order valence-electron chi connectivity index (χ0n) is 8.52. The lowest BCUT2D eigenvalue weighted by Gasteiger charge is -2.05. The van der Waals surface area contributed by atoms with E-state index in [9.17, 15) is 0 Å². The van der Waals surface area contributed by atoms with Gasteiger partial charge in [-0.25, -0.2) is 0 Å². The van der Waals surface area contributed by atoms with Crippen LogP contribution in [0.15, 0.2) is 33.7 Å². The number of azo groups is 1. The van der Waals surface area contributed by atoms with Gasteiger partial charge in [-0.05, 0) is 31.4 Å². The fourth-order valence-electron chi connectivity index (χ4n) is 1.04. The van der Waals surface area contributed by atoms with Gasteiger partial charge in [0.2, 0.25) is 0 Å². The Morgan fingerprint density at radius 2 is 1.92 bits per heavy atom. The van der Waals surface area contributed by atoms with E-state index in [2.05, 4.69) is 23.7 Å². The highest BCUT2D eigenvalue weighted by Gasteiger charge is 2.01. The number of allylic oxidation sites excluding steroid dienone is 2. The summed E-state index contributed by atoms with van der Waals surface area (Å²) >= 11 is 0. The fraction of sp³-hybridized carbons (Fsp3) is 0.600. The number of nitrogens with zero attached hydrogens (tertiary/aromatic N) is 2. The Hall–Kier alpha value is -0.920. The van der Waals surface area contributed by atoms with Crippen LogP contribution in [-0.2, 0) is 0 Å². The molecular weight excluding hydrogens is 148 g/mol. The lowest BCUT2D eigenvalue weighted by atomic mass is 10.1. The van der Waals surface area contributed by atoms with Gasteiger partial charge >= 0.3 is 0 Å². The third-order valence-electron chi connectivity index (χ3n) is 1.56. The molecule has 0 saturated carbocycles. The van der Waals surface area contributed by atoms with Crippen molar-refractivity contribution < 1.29 is 0 Å². The Kier molecular flexibility index (Phi) is 5.26. The molecule has 2 nitrogen and oxygen atoms in total. The van der Waals surface area contributed by atoms with Gasteiger partial charge in [0, 0.05) is 7.05 Å². The van der Waals surface area contributed by atoms with Gasteiger partial charge in [0.05, 0.1) is 5.70 Å². The van der Waals surface area contributed by atoms with Crippen LogP contribution >= 0.6 is 0 Å². The molecule has 0 aliphatic carbocycles. The van der Waals surface area contributed by atoms with Crippen molar-refractivity contribution in [3.63, 3.8) is 0 Å². The molecule has 0 radical (unpaired) electrons. The largest absolute Gasteiger partial charge is 0.192 e. The number of hydrogen-bond donors (Lipinski definition) is 0. The molecule has 0 aromatic carbocycles. The van der Waals surface area contributed by atoms with E-state index in [-0.39, 0.29) is 0 Å². The SMILES string of the molecule is C=C(CCC)C(/N=N\C)=C(C)C. The highest BCUT2D eigenvalue weighted by Crippen LogP contribution is 2.18. The highest BCUT2D eigenvalue weighted by atomic mass is 15.1. The van der Waals surface area contributed by atoms with Crippen LogP contribution in [0.2, 0.25) is 0 Å². The summed E-state index contributed by atoms with van der Waals surface area (Å²) in [6.07, 6.45) is 2.11. The van der Waals surface area contributed by atoms with E-state index in [1.54, 1.807) is 7.05 Å². The van der Waals surface area contributed by atoms with E-state index in [1.165, 1.54) is 5.57 Å². The molecule has 0 N–H and O–H groups in total. The van der Waals surface area contributed by atoms with Gasteiger partial charge in [0.25, 0.3) is 0 Å². The van der Waals surface area contributed by atoms with Gasteiger partial charge < -0.3 is 0 Å². The molecule has 0 atom stereocenters. The van der Waals surface area contributed by atoms with Crippen LogP contribution in [0.1, 0.15) is 33.6 Å². The average Bonchev–Trinajstić information content (AvgIpc) is 1.99. The molecule has 0 fully saturated rings. The fourth-order valence-corrected chi connectivity index (χ4v) is 1.04. The van der Waals surface area contributed by atoms with E-state index in [0.29, 0.717) is 0 Å². The van der Waals surface area contributed by atoms with Crippen LogP contribution in [0.4, 0.5) is 0 Å². The second kappa shape index (κ2) is 5.70. The Morgan fingerprint density at radius 1 is 1.33 bits per heavy atom. The molecular formula is C10H18N2. The van der Waals surface area contributed by atoms with Crippen LogP contribution < -0.4 is 0 Å². The minimum atomic E-state index is 0.958. The zero-order valence-corrected chi connectivity index (χ0v) is 8.52. The first-order valence-electron chi connectivity index (χ1n) is 4.29. The normalized spacial score (nSPS) is 10.3. The Labute approximate surface area is 75.1 Å². The van der Waals surface area contributed by atoms with E-state index in [1.807, 2.05) is 13.8 Å². The van der Waals surface area contributed by atoms with Crippen molar-refractivity contribution in [1.82, 2.24) is 0 Å². The average molecular weight is 166 g/mol. The Balaban J connectivity index is 4.54. The summed E-state index contributed by atoms with van der Waals surface area (Å²) in [5.41, 5.74) is 3.22. The zero-order chi connectivity index (χ0) is 9.56. The third-order valence-corrected chi connectivity index (χ3v) is 1.56. The molecule has 0 spiro atoms. The van der Waals surface area contributed by atoms with Crippen molar-refractivity contribution in [3.05, 3.63) is 23.4 Å². The van der Waals surface area contributed by atoms with E-state index in [0.717, 1.165) is 24.1 Å². The summed E-state index contributed by atoms with van der Waals surface area (Å²) in [6.45, 7) is 10.2. The summed E-state index contributed by atoms with van der Waals surface area (Å²) in [7, 11) is 1.68. The predicted molar refractivity (Wildman–Crippen MR) is 53.2 cm³/mol. The molecule has 0 aromatic heterocycles. The summed E-state index contributed by atoms with van der Waals surface area (Å²) in [6, 6.07) is 0. The molecule has 0 bridgehead atoms. The van der Waals surface area contributed by atoms with Crippen LogP contribution in [0.3, 0.4) is 0 Å². The van der Waals surface area contributed by atoms with Gasteiger partial charge in [-0.1, -0.05) is 19.9 Å². The minimum Gasteiger partial charge on any atom is -0.192 e. The van der Waals surface area contributed by atoms with Gasteiger partial charge in [-0.2, -0.15) is 10.2 Å². The maximum absolute atomic E-state index is 4.05. The van der Waals surface area contributed by atoms with Crippen LogP contribution in [-0.4, -0.2) is 7.05 Å². The molecule has 0 aromatic rings. The molecule has 0 saturated heterocycles. The summed E-state index contributed by atoms with van der Waals surface area (Å²) in [4.78, 5) is 0. The van der Waals surface area contributed by atoms with Crippen molar-refractivity contribution in [2.75, 3.05) is 7.05 Å². The van der Waals surface area contributed by atoms with Gasteiger partial charge in [0.1, 0.15) is 0 Å². The standard InChI is InChI=1S/C10H18N2/c1-6-7-9(4)10(8(2)3)12-11-5/h4,6-7H2,1-3,5H3/b12-11-. The lowest BCUT2D eigenvalue weighted by Crippen LogP contribution is -1.87. The summed E-state index contributed by atoms with van der Waals surface area (Å²) < 4.78 is 0. The van der Waals surface area contributed by atoms with Crippen molar-refractivity contribution in [3.8, 4) is 0 Å². The molecule has 2 heteroatoms. The third kappa shape index (κ3) is 3.46. The first-order valence-corrected chi connectivity index (χ1v) is 4.29. The number of hydrogen-bond acceptors (Lipinski definition) is 2. The number of rotatable bonds is 4. The summed E-state index contributed by atoms with van der Waals surface area (Å²) in [5, 5.41) is 7.81. The van der Waals surface area contributed by atoms with Crippen LogP contribution in [0.25, 0.3) is 0 Å². The second-order valence-corrected chi connectivity index (χ2v) is 3.00. The molecule has 0 amide bonds. The van der Waals surface area contributed by atoms with Gasteiger partial charge in [-0.15, -0.1) is 0 Å². The van der Waals surface area contributed by atoms with Crippen molar-refractivity contribution in [2.24, 2.45) is 10.2 Å². The quantitative estimate of drug-likeness (QED) is 0.449. The summed E-state index contributed by atoms with van der Waals surface area (Å²) in [5.74, 6) is 0. The van der Waals surface area contributed by atoms with Crippen LogP contribution in [0, 0.1) is 0 Å². The monoisotopic (exact) mass is 166 g/mol. The van der Waals surface area contributed by atoms with Crippen LogP contribution in [0.5, 0.6) is 0 Å². The smallest absolute Gasteiger partial charge is 0.0864 e. The van der Waals surface area contributed by atoms with Crippen molar-refractivity contribution in [1.29, 1.82) is 0 Å². The van der Waals surface area contributed by atoms with Gasteiger partial charge in [-0.3, -0.25) is 0 Å². The van der Waals surface area contributed by atoms with E-state index < -0.39 is 0 Å². The maximum atomic E-state index is 4.05. The van der Waals surface area contributed by atoms with E-state index >= 15 is 0 Å². The van der Waals surface area contributed by atoms with Crippen molar-refractivity contribution in [2.45, 2.75) is 33.6 Å². The Morgan fingerprint density at radius 3 is 2.25 bits per heavy atom. The molecule has 0 unspecified atom stereocenters. The topological polar surface area (TPSA) is 24.7 Å². The second-order valence-electron chi connectivity index (χ2n) is 3.00. The molecule has 0 aliphatic heterocycles. The molecule has 0 rings (SSSR count). The minimum absolute atomic E-state index is 0.958. The first kappa shape index (κ1) is 11.1. The molecule has 68 valence electrons. The van der Waals surface area contributed by atoms with Gasteiger partial charge in [0.15, 0.2) is 0 Å².